The molecule has 0 aliphatic carbocycles. The summed E-state index contributed by atoms with van der Waals surface area (Å²) in [5.74, 6) is -10.0. The first-order chi connectivity index (χ1) is 4.50. The standard InChI is InChI=1S/C4H3F6I/c1-2(5,6)3(7,8)4(9,10)11/h1H3. The predicted molar refractivity (Wildman–Crippen MR) is 34.5 cm³/mol. The Morgan fingerprint density at radius 2 is 1.18 bits per heavy atom. The molecule has 0 saturated heterocycles. The number of hydrogen-bond acceptors (Lipinski definition) is 0. The zero-order valence-corrected chi connectivity index (χ0v) is 7.30. The summed E-state index contributed by atoms with van der Waals surface area (Å²) in [5.41, 5.74) is 0. The molecule has 0 fully saturated rings. The average Bonchev–Trinajstić information content (AvgIpc) is 1.58. The van der Waals surface area contributed by atoms with Crippen molar-refractivity contribution in [1.82, 2.24) is 0 Å². The molecule has 0 spiro atoms. The minimum atomic E-state index is -5.31. The molecule has 0 aliphatic rings. The molecule has 0 unspecified atom stereocenters. The molecule has 0 aromatic rings. The van der Waals surface area contributed by atoms with Gasteiger partial charge < -0.3 is 0 Å². The molecular formula is C4H3F6I. The topological polar surface area (TPSA) is 0 Å². The Morgan fingerprint density at radius 3 is 1.18 bits per heavy atom. The average molecular weight is 292 g/mol. The lowest BCUT2D eigenvalue weighted by atomic mass is 10.2. The fraction of sp³-hybridized carbons (Fsp3) is 1.00. The van der Waals surface area contributed by atoms with E-state index in [0.717, 1.165) is 0 Å². The van der Waals surface area contributed by atoms with Gasteiger partial charge in [-0.05, 0) is 0 Å². The molecule has 0 N–H and O–H groups in total. The van der Waals surface area contributed by atoms with Gasteiger partial charge in [-0.15, -0.1) is 0 Å². The van der Waals surface area contributed by atoms with Gasteiger partial charge in [0.25, 0.3) is 0 Å². The molecule has 11 heavy (non-hydrogen) atoms. The molecule has 0 aromatic carbocycles. The first-order valence-electron chi connectivity index (χ1n) is 2.32. The van der Waals surface area contributed by atoms with Crippen LogP contribution in [0.1, 0.15) is 6.92 Å². The van der Waals surface area contributed by atoms with E-state index in [0.29, 0.717) is 0 Å². The zero-order chi connectivity index (χ0) is 9.50. The van der Waals surface area contributed by atoms with Crippen LogP contribution in [-0.4, -0.2) is 15.8 Å². The molecule has 0 saturated carbocycles. The first kappa shape index (κ1) is 11.3. The second-order valence-corrected chi connectivity index (χ2v) is 3.32. The lowest BCUT2D eigenvalue weighted by Gasteiger charge is -2.26. The second kappa shape index (κ2) is 2.67. The molecule has 0 rings (SSSR count). The van der Waals surface area contributed by atoms with Crippen molar-refractivity contribution in [2.45, 2.75) is 22.7 Å². The van der Waals surface area contributed by atoms with Crippen LogP contribution in [0.4, 0.5) is 26.3 Å². The Balaban J connectivity index is 4.75. The minimum absolute atomic E-state index is 0.0187. The fourth-order valence-electron chi connectivity index (χ4n) is 0.249. The summed E-state index contributed by atoms with van der Waals surface area (Å²) >= 11 is -0.0187. The van der Waals surface area contributed by atoms with Crippen molar-refractivity contribution in [3.8, 4) is 0 Å². The Hall–Kier alpha value is 0.310. The number of halogens is 7. The first-order valence-corrected chi connectivity index (χ1v) is 3.40. The van der Waals surface area contributed by atoms with Gasteiger partial charge in [-0.1, -0.05) is 0 Å². The van der Waals surface area contributed by atoms with E-state index in [4.69, 9.17) is 0 Å². The van der Waals surface area contributed by atoms with Crippen molar-refractivity contribution in [3.05, 3.63) is 0 Å². The quantitative estimate of drug-likeness (QED) is 0.416. The van der Waals surface area contributed by atoms with E-state index in [1.54, 1.807) is 0 Å². The summed E-state index contributed by atoms with van der Waals surface area (Å²) in [6.45, 7) is -0.250. The van der Waals surface area contributed by atoms with Gasteiger partial charge in [-0.25, -0.2) is 0 Å². The Kier molecular flexibility index (Phi) is 2.74. The largest absolute Gasteiger partial charge is 0.380 e. The summed E-state index contributed by atoms with van der Waals surface area (Å²) < 4.78 is 66.2. The van der Waals surface area contributed by atoms with Crippen LogP contribution in [-0.2, 0) is 0 Å². The van der Waals surface area contributed by atoms with Gasteiger partial charge in [0.05, 0.1) is 0 Å². The van der Waals surface area contributed by atoms with E-state index in [9.17, 15) is 26.3 Å². The molecule has 0 amide bonds. The number of alkyl halides is 7. The van der Waals surface area contributed by atoms with E-state index in [-0.39, 0.29) is 29.5 Å². The van der Waals surface area contributed by atoms with E-state index in [2.05, 4.69) is 0 Å². The SMILES string of the molecule is CC(F)(F)C(F)(F)C(F)(F)I. The van der Waals surface area contributed by atoms with Crippen LogP contribution < -0.4 is 0 Å². The molecule has 0 aliphatic heterocycles. The van der Waals surface area contributed by atoms with Crippen LogP contribution in [0.25, 0.3) is 0 Å². The maximum absolute atomic E-state index is 11.9. The zero-order valence-electron chi connectivity index (χ0n) is 5.15. The Morgan fingerprint density at radius 1 is 0.909 bits per heavy atom. The lowest BCUT2D eigenvalue weighted by molar-refractivity contribution is -0.262. The third-order valence-corrected chi connectivity index (χ3v) is 1.58. The van der Waals surface area contributed by atoms with Gasteiger partial charge in [0.2, 0.25) is 0 Å². The normalized spacial score (nSPS) is 15.3. The smallest absolute Gasteiger partial charge is 0.200 e. The highest BCUT2D eigenvalue weighted by molar-refractivity contribution is 14.1. The predicted octanol–water partition coefficient (Wildman–Crippen LogP) is 3.30. The van der Waals surface area contributed by atoms with E-state index < -0.39 is 15.8 Å². The van der Waals surface area contributed by atoms with Gasteiger partial charge in [-0.2, -0.15) is 26.3 Å². The lowest BCUT2D eigenvalue weighted by Crippen LogP contribution is -2.49. The minimum Gasteiger partial charge on any atom is -0.200 e. The van der Waals surface area contributed by atoms with E-state index in [1.807, 2.05) is 0 Å². The summed E-state index contributed by atoms with van der Waals surface area (Å²) in [6, 6.07) is 0. The van der Waals surface area contributed by atoms with Crippen LogP contribution in [0, 0.1) is 0 Å². The third-order valence-electron chi connectivity index (χ3n) is 0.907. The highest BCUT2D eigenvalue weighted by Crippen LogP contribution is 2.48. The van der Waals surface area contributed by atoms with Crippen LogP contribution in [0.2, 0.25) is 0 Å². The van der Waals surface area contributed by atoms with Gasteiger partial charge >= 0.3 is 15.8 Å². The highest BCUT2D eigenvalue weighted by atomic mass is 127. The second-order valence-electron chi connectivity index (χ2n) is 1.96. The molecule has 0 heterocycles. The van der Waals surface area contributed by atoms with E-state index in [1.165, 1.54) is 0 Å². The molecule has 0 radical (unpaired) electrons. The summed E-state index contributed by atoms with van der Waals surface area (Å²) in [4.78, 5) is 0. The van der Waals surface area contributed by atoms with Crippen molar-refractivity contribution >= 4 is 22.6 Å². The summed E-state index contributed by atoms with van der Waals surface area (Å²) in [6.07, 6.45) is 0. The third kappa shape index (κ3) is 2.12. The van der Waals surface area contributed by atoms with Gasteiger partial charge in [0, 0.05) is 29.5 Å². The number of hydrogen-bond donors (Lipinski definition) is 0. The highest BCUT2D eigenvalue weighted by Gasteiger charge is 2.68. The molecule has 0 nitrogen and oxygen atoms in total. The van der Waals surface area contributed by atoms with Gasteiger partial charge in [-0.3, -0.25) is 0 Å². The Labute approximate surface area is 72.1 Å². The van der Waals surface area contributed by atoms with Crippen LogP contribution in [0.15, 0.2) is 0 Å². The molecule has 0 bridgehead atoms. The molecule has 68 valence electrons. The summed E-state index contributed by atoms with van der Waals surface area (Å²) in [7, 11) is 0. The van der Waals surface area contributed by atoms with Crippen molar-refractivity contribution in [1.29, 1.82) is 0 Å². The Bertz CT molecular complexity index is 126. The maximum Gasteiger partial charge on any atom is 0.380 e. The molecule has 0 aromatic heterocycles. The van der Waals surface area contributed by atoms with Crippen molar-refractivity contribution in [2.75, 3.05) is 0 Å². The van der Waals surface area contributed by atoms with Gasteiger partial charge in [0.1, 0.15) is 0 Å². The maximum atomic E-state index is 11.9. The van der Waals surface area contributed by atoms with Crippen LogP contribution >= 0.6 is 22.6 Å². The fourth-order valence-corrected chi connectivity index (χ4v) is 0.722. The van der Waals surface area contributed by atoms with Crippen molar-refractivity contribution in [3.63, 3.8) is 0 Å². The van der Waals surface area contributed by atoms with Crippen LogP contribution in [0.3, 0.4) is 0 Å². The number of rotatable bonds is 2. The molecule has 7 heteroatoms. The summed E-state index contributed by atoms with van der Waals surface area (Å²) in [5, 5.41) is 0. The monoisotopic (exact) mass is 292 g/mol. The molecule has 0 atom stereocenters. The molecular weight excluding hydrogens is 289 g/mol. The van der Waals surface area contributed by atoms with Gasteiger partial charge in [0.15, 0.2) is 0 Å². The van der Waals surface area contributed by atoms with Crippen LogP contribution in [0.5, 0.6) is 0 Å². The van der Waals surface area contributed by atoms with Crippen molar-refractivity contribution in [2.24, 2.45) is 0 Å². The van der Waals surface area contributed by atoms with E-state index >= 15 is 0 Å². The van der Waals surface area contributed by atoms with Crippen molar-refractivity contribution < 1.29 is 26.3 Å².